The molecule has 2 aliphatic heterocycles. The van der Waals surface area contributed by atoms with E-state index in [0.717, 1.165) is 64.3 Å². The highest BCUT2D eigenvalue weighted by molar-refractivity contribution is 5.38. The number of piperazine rings is 1. The number of anilines is 1. The molecule has 3 heterocycles. The van der Waals surface area contributed by atoms with Crippen LogP contribution < -0.4 is 4.90 Å². The molecule has 1 aromatic carbocycles. The lowest BCUT2D eigenvalue weighted by Gasteiger charge is -2.46. The number of hydrogen-bond acceptors (Lipinski definition) is 5. The minimum Gasteiger partial charge on any atom is -0.390 e. The summed E-state index contributed by atoms with van der Waals surface area (Å²) in [6.45, 7) is 5.90. The lowest BCUT2D eigenvalue weighted by atomic mass is 9.97. The Balaban J connectivity index is 1.15. The molecule has 0 bridgehead atoms. The molecule has 1 aliphatic carbocycles. The number of aliphatic hydroxyl groups excluding tert-OH is 1. The Morgan fingerprint density at radius 3 is 2.18 bits per heavy atom. The third-order valence-electron chi connectivity index (χ3n) is 6.88. The van der Waals surface area contributed by atoms with E-state index in [1.54, 1.807) is 0 Å². The second kappa shape index (κ2) is 7.82. The smallest absolute Gasteiger partial charge is 0.128 e. The summed E-state index contributed by atoms with van der Waals surface area (Å²) in [6.07, 6.45) is 4.95. The molecule has 0 radical (unpaired) electrons. The Morgan fingerprint density at radius 1 is 0.821 bits per heavy atom. The lowest BCUT2D eigenvalue weighted by molar-refractivity contribution is -0.0262. The molecule has 148 valence electrons. The summed E-state index contributed by atoms with van der Waals surface area (Å²) in [7, 11) is 0. The number of β-amino-alcohol motifs (C(OH)–C–C–N with tert-alkyl or cyclic N) is 1. The molecular formula is C23H30N4O. The van der Waals surface area contributed by atoms with Crippen LogP contribution in [0.5, 0.6) is 0 Å². The number of hydrogen-bond donors (Lipinski definition) is 1. The average molecular weight is 379 g/mol. The van der Waals surface area contributed by atoms with Crippen molar-refractivity contribution in [1.82, 2.24) is 14.8 Å². The minimum atomic E-state index is -0.251. The largest absolute Gasteiger partial charge is 0.390 e. The Bertz CT molecular complexity index is 765. The van der Waals surface area contributed by atoms with Crippen LogP contribution in [-0.4, -0.2) is 77.3 Å². The molecule has 5 rings (SSSR count). The first-order valence-corrected chi connectivity index (χ1v) is 10.7. The number of aromatic nitrogens is 1. The van der Waals surface area contributed by atoms with Crippen molar-refractivity contribution in [3.63, 3.8) is 0 Å². The van der Waals surface area contributed by atoms with Crippen LogP contribution in [0.1, 0.15) is 17.5 Å². The van der Waals surface area contributed by atoms with Gasteiger partial charge in [-0.2, -0.15) is 0 Å². The predicted octanol–water partition coefficient (Wildman–Crippen LogP) is 1.81. The second-order valence-electron chi connectivity index (χ2n) is 8.46. The normalized spacial score (nSPS) is 27.1. The predicted molar refractivity (Wildman–Crippen MR) is 112 cm³/mol. The van der Waals surface area contributed by atoms with E-state index in [0.29, 0.717) is 12.1 Å². The second-order valence-corrected chi connectivity index (χ2v) is 8.46. The van der Waals surface area contributed by atoms with Crippen molar-refractivity contribution in [3.05, 3.63) is 59.8 Å². The molecule has 5 nitrogen and oxygen atoms in total. The fraction of sp³-hybridized carbons (Fsp3) is 0.522. The molecule has 0 saturated carbocycles. The fourth-order valence-corrected chi connectivity index (χ4v) is 5.32. The van der Waals surface area contributed by atoms with Crippen LogP contribution in [0.2, 0.25) is 0 Å². The Morgan fingerprint density at radius 2 is 1.54 bits per heavy atom. The number of pyridine rings is 1. The number of aliphatic hydroxyl groups is 1. The van der Waals surface area contributed by atoms with Gasteiger partial charge in [0.15, 0.2) is 0 Å². The Kier molecular flexibility index (Phi) is 5.05. The minimum absolute atomic E-state index is 0.251. The molecule has 28 heavy (non-hydrogen) atoms. The summed E-state index contributed by atoms with van der Waals surface area (Å²) in [5.74, 6) is 1.07. The van der Waals surface area contributed by atoms with E-state index in [1.165, 1.54) is 11.1 Å². The molecular weight excluding hydrogens is 348 g/mol. The SMILES string of the molecule is O[C@@H]1CN(C2Cc3ccccc3C2)CC[C@H]1N1CCN(c2ccccn2)CC1. The summed E-state index contributed by atoms with van der Waals surface area (Å²) in [5.41, 5.74) is 2.99. The van der Waals surface area contributed by atoms with Crippen LogP contribution in [0.25, 0.3) is 0 Å². The number of rotatable bonds is 3. The summed E-state index contributed by atoms with van der Waals surface area (Å²) in [4.78, 5) is 11.9. The van der Waals surface area contributed by atoms with Crippen molar-refractivity contribution < 1.29 is 5.11 Å². The van der Waals surface area contributed by atoms with Gasteiger partial charge in [-0.1, -0.05) is 30.3 Å². The third kappa shape index (κ3) is 3.54. The van der Waals surface area contributed by atoms with Gasteiger partial charge in [-0.3, -0.25) is 9.80 Å². The number of fused-ring (bicyclic) bond motifs is 1. The van der Waals surface area contributed by atoms with Gasteiger partial charge in [-0.25, -0.2) is 4.98 Å². The van der Waals surface area contributed by atoms with Crippen LogP contribution in [0.4, 0.5) is 5.82 Å². The summed E-state index contributed by atoms with van der Waals surface area (Å²) in [5, 5.41) is 10.9. The first-order valence-electron chi connectivity index (χ1n) is 10.7. The third-order valence-corrected chi connectivity index (χ3v) is 6.88. The maximum atomic E-state index is 10.9. The number of benzene rings is 1. The quantitative estimate of drug-likeness (QED) is 0.882. The van der Waals surface area contributed by atoms with Crippen LogP contribution in [0.15, 0.2) is 48.7 Å². The van der Waals surface area contributed by atoms with E-state index in [4.69, 9.17) is 0 Å². The molecule has 0 unspecified atom stereocenters. The van der Waals surface area contributed by atoms with Crippen molar-refractivity contribution in [2.45, 2.75) is 37.5 Å². The van der Waals surface area contributed by atoms with Crippen LogP contribution in [0, 0.1) is 0 Å². The number of piperidine rings is 1. The molecule has 2 atom stereocenters. The molecule has 5 heteroatoms. The van der Waals surface area contributed by atoms with E-state index in [2.05, 4.69) is 56.1 Å². The van der Waals surface area contributed by atoms with Crippen molar-refractivity contribution >= 4 is 5.82 Å². The van der Waals surface area contributed by atoms with Crippen LogP contribution >= 0.6 is 0 Å². The zero-order chi connectivity index (χ0) is 18.9. The highest BCUT2D eigenvalue weighted by atomic mass is 16.3. The van der Waals surface area contributed by atoms with Crippen molar-refractivity contribution in [2.24, 2.45) is 0 Å². The van der Waals surface area contributed by atoms with Crippen LogP contribution in [0.3, 0.4) is 0 Å². The van der Waals surface area contributed by atoms with Gasteiger partial charge >= 0.3 is 0 Å². The van der Waals surface area contributed by atoms with Gasteiger partial charge in [-0.05, 0) is 42.5 Å². The summed E-state index contributed by atoms with van der Waals surface area (Å²) in [6, 6.07) is 15.8. The topological polar surface area (TPSA) is 42.8 Å². The van der Waals surface area contributed by atoms with E-state index < -0.39 is 0 Å². The van der Waals surface area contributed by atoms with Gasteiger partial charge < -0.3 is 10.0 Å². The van der Waals surface area contributed by atoms with E-state index in [9.17, 15) is 5.11 Å². The average Bonchev–Trinajstić information content (AvgIpc) is 3.19. The lowest BCUT2D eigenvalue weighted by Crippen LogP contribution is -2.60. The van der Waals surface area contributed by atoms with Gasteiger partial charge in [0.1, 0.15) is 5.82 Å². The Labute approximate surface area is 167 Å². The molecule has 1 N–H and O–H groups in total. The molecule has 1 aromatic heterocycles. The number of nitrogens with zero attached hydrogens (tertiary/aromatic N) is 4. The zero-order valence-electron chi connectivity index (χ0n) is 16.5. The van der Waals surface area contributed by atoms with Crippen molar-refractivity contribution in [1.29, 1.82) is 0 Å². The molecule has 2 fully saturated rings. The monoisotopic (exact) mass is 378 g/mol. The fourth-order valence-electron chi connectivity index (χ4n) is 5.32. The standard InChI is InChI=1S/C23H30N4O/c28-22-17-27(20-15-18-5-1-2-6-19(18)16-20)10-8-21(22)25-11-13-26(14-12-25)23-7-3-4-9-24-23/h1-7,9,20-22,28H,8,10-17H2/t21-,22-/m1/s1. The molecule has 3 aliphatic rings. The maximum Gasteiger partial charge on any atom is 0.128 e. The highest BCUT2D eigenvalue weighted by Crippen LogP contribution is 2.29. The zero-order valence-corrected chi connectivity index (χ0v) is 16.5. The van der Waals surface area contributed by atoms with Gasteiger partial charge in [0.25, 0.3) is 0 Å². The molecule has 0 spiro atoms. The van der Waals surface area contributed by atoms with Crippen molar-refractivity contribution in [3.8, 4) is 0 Å². The van der Waals surface area contributed by atoms with Gasteiger partial charge in [0.05, 0.1) is 6.10 Å². The first kappa shape index (κ1) is 18.1. The van der Waals surface area contributed by atoms with Gasteiger partial charge in [0, 0.05) is 57.5 Å². The van der Waals surface area contributed by atoms with E-state index in [1.807, 2.05) is 12.3 Å². The van der Waals surface area contributed by atoms with Crippen molar-refractivity contribution in [2.75, 3.05) is 44.2 Å². The Hall–Kier alpha value is -1.95. The maximum absolute atomic E-state index is 10.9. The summed E-state index contributed by atoms with van der Waals surface area (Å²) >= 11 is 0. The molecule has 0 amide bonds. The van der Waals surface area contributed by atoms with E-state index >= 15 is 0 Å². The molecule has 2 aromatic rings. The number of likely N-dealkylation sites (tertiary alicyclic amines) is 1. The van der Waals surface area contributed by atoms with E-state index in [-0.39, 0.29) is 6.10 Å². The highest BCUT2D eigenvalue weighted by Gasteiger charge is 2.37. The van der Waals surface area contributed by atoms with Crippen LogP contribution in [-0.2, 0) is 12.8 Å². The summed E-state index contributed by atoms with van der Waals surface area (Å²) < 4.78 is 0. The van der Waals surface area contributed by atoms with Gasteiger partial charge in [-0.15, -0.1) is 0 Å². The first-order chi connectivity index (χ1) is 13.8. The van der Waals surface area contributed by atoms with Gasteiger partial charge in [0.2, 0.25) is 0 Å². The molecule has 2 saturated heterocycles.